The van der Waals surface area contributed by atoms with Crippen molar-refractivity contribution < 1.29 is 4.74 Å². The van der Waals surface area contributed by atoms with Crippen molar-refractivity contribution in [2.24, 2.45) is 0 Å². The smallest absolute Gasteiger partial charge is 0.226 e. The van der Waals surface area contributed by atoms with Crippen molar-refractivity contribution in [1.29, 1.82) is 0 Å². The fraction of sp³-hybridized carbons (Fsp3) is 0.500. The van der Waals surface area contributed by atoms with Gasteiger partial charge in [0.15, 0.2) is 11.5 Å². The number of alkyl halides is 1. The van der Waals surface area contributed by atoms with E-state index in [0.29, 0.717) is 30.6 Å². The number of aromatic amines is 1. The van der Waals surface area contributed by atoms with Crippen molar-refractivity contribution in [2.45, 2.75) is 5.88 Å². The summed E-state index contributed by atoms with van der Waals surface area (Å²) in [6.45, 7) is 2.91. The second-order valence-electron chi connectivity index (χ2n) is 3.93. The molecule has 0 atom stereocenters. The standard InChI is InChI=1S/C10H11Cl2N5O/c11-5-6-13-7-8(14-6)15-10(12)16-9(7)17-1-3-18-4-2-17/h1-5H2,(H,13,14,15,16). The van der Waals surface area contributed by atoms with Crippen molar-refractivity contribution in [3.63, 3.8) is 0 Å². The highest BCUT2D eigenvalue weighted by Gasteiger charge is 2.19. The van der Waals surface area contributed by atoms with Crippen molar-refractivity contribution >= 4 is 40.2 Å². The van der Waals surface area contributed by atoms with Gasteiger partial charge in [0, 0.05) is 13.1 Å². The van der Waals surface area contributed by atoms with E-state index in [1.807, 2.05) is 0 Å². The zero-order valence-corrected chi connectivity index (χ0v) is 11.0. The van der Waals surface area contributed by atoms with Gasteiger partial charge in [0.2, 0.25) is 5.28 Å². The van der Waals surface area contributed by atoms with Crippen LogP contribution in [0.25, 0.3) is 11.2 Å². The third kappa shape index (κ3) is 2.11. The average Bonchev–Trinajstić information content (AvgIpc) is 2.81. The minimum atomic E-state index is 0.191. The van der Waals surface area contributed by atoms with Crippen LogP contribution in [0.5, 0.6) is 0 Å². The van der Waals surface area contributed by atoms with Crippen molar-refractivity contribution in [3.8, 4) is 0 Å². The summed E-state index contributed by atoms with van der Waals surface area (Å²) in [7, 11) is 0. The molecular weight excluding hydrogens is 277 g/mol. The first-order chi connectivity index (χ1) is 8.78. The molecule has 0 amide bonds. The van der Waals surface area contributed by atoms with Crippen molar-refractivity contribution in [1.82, 2.24) is 19.9 Å². The van der Waals surface area contributed by atoms with Gasteiger partial charge >= 0.3 is 0 Å². The summed E-state index contributed by atoms with van der Waals surface area (Å²) in [5.41, 5.74) is 1.32. The molecule has 3 rings (SSSR count). The van der Waals surface area contributed by atoms with Crippen LogP contribution in [-0.2, 0) is 10.6 Å². The van der Waals surface area contributed by atoms with Gasteiger partial charge in [0.25, 0.3) is 0 Å². The largest absolute Gasteiger partial charge is 0.378 e. The molecule has 0 aromatic carbocycles. The molecule has 1 aliphatic heterocycles. The van der Waals surface area contributed by atoms with Crippen LogP contribution in [0.3, 0.4) is 0 Å². The van der Waals surface area contributed by atoms with Gasteiger partial charge in [-0.25, -0.2) is 4.98 Å². The number of halogens is 2. The molecule has 2 aromatic rings. The molecular formula is C10H11Cl2N5O. The van der Waals surface area contributed by atoms with Crippen LogP contribution in [0.2, 0.25) is 5.28 Å². The maximum atomic E-state index is 5.93. The molecule has 1 fully saturated rings. The Morgan fingerprint density at radius 2 is 2.00 bits per heavy atom. The van der Waals surface area contributed by atoms with E-state index in [-0.39, 0.29) is 5.28 Å². The summed E-state index contributed by atoms with van der Waals surface area (Å²) < 4.78 is 5.32. The Morgan fingerprint density at radius 1 is 1.22 bits per heavy atom. The van der Waals surface area contributed by atoms with Crippen molar-refractivity contribution in [2.75, 3.05) is 31.2 Å². The number of rotatable bonds is 2. The van der Waals surface area contributed by atoms with Crippen LogP contribution < -0.4 is 4.90 Å². The molecule has 6 nitrogen and oxygen atoms in total. The molecule has 0 unspecified atom stereocenters. The molecule has 0 spiro atoms. The quantitative estimate of drug-likeness (QED) is 0.671. The minimum Gasteiger partial charge on any atom is -0.378 e. The van der Waals surface area contributed by atoms with Crippen LogP contribution >= 0.6 is 23.2 Å². The van der Waals surface area contributed by atoms with E-state index in [9.17, 15) is 0 Å². The van der Waals surface area contributed by atoms with Crippen LogP contribution in [0.1, 0.15) is 5.82 Å². The molecule has 8 heteroatoms. The number of H-pyrrole nitrogens is 1. The highest BCUT2D eigenvalue weighted by molar-refractivity contribution is 6.28. The predicted octanol–water partition coefficient (Wildman–Crippen LogP) is 1.58. The lowest BCUT2D eigenvalue weighted by Crippen LogP contribution is -2.37. The van der Waals surface area contributed by atoms with Gasteiger partial charge < -0.3 is 14.6 Å². The number of nitrogens with zero attached hydrogens (tertiary/aromatic N) is 4. The van der Waals surface area contributed by atoms with E-state index in [4.69, 9.17) is 27.9 Å². The number of anilines is 1. The zero-order chi connectivity index (χ0) is 12.5. The van der Waals surface area contributed by atoms with Gasteiger partial charge in [0.1, 0.15) is 11.3 Å². The highest BCUT2D eigenvalue weighted by Crippen LogP contribution is 2.24. The molecule has 0 aliphatic carbocycles. The second-order valence-corrected chi connectivity index (χ2v) is 4.54. The van der Waals surface area contributed by atoms with Crippen LogP contribution in [0.4, 0.5) is 5.82 Å². The molecule has 96 valence electrons. The lowest BCUT2D eigenvalue weighted by atomic mass is 10.4. The molecule has 1 aliphatic rings. The zero-order valence-electron chi connectivity index (χ0n) is 9.49. The van der Waals surface area contributed by atoms with Crippen LogP contribution in [0.15, 0.2) is 0 Å². The summed E-state index contributed by atoms with van der Waals surface area (Å²) in [6, 6.07) is 0. The number of hydrogen-bond donors (Lipinski definition) is 1. The molecule has 0 saturated carbocycles. The highest BCUT2D eigenvalue weighted by atomic mass is 35.5. The maximum absolute atomic E-state index is 5.93. The summed E-state index contributed by atoms with van der Waals surface area (Å²) >= 11 is 11.7. The monoisotopic (exact) mass is 287 g/mol. The van der Waals surface area contributed by atoms with Gasteiger partial charge in [-0.1, -0.05) is 0 Å². The second kappa shape index (κ2) is 4.87. The SMILES string of the molecule is ClCc1nc2nc(Cl)nc(N3CCOCC3)c2[nH]1. The van der Waals surface area contributed by atoms with Crippen molar-refractivity contribution in [3.05, 3.63) is 11.1 Å². The fourth-order valence-corrected chi connectivity index (χ4v) is 2.26. The molecule has 18 heavy (non-hydrogen) atoms. The third-order valence-corrected chi connectivity index (χ3v) is 3.21. The molecule has 2 aromatic heterocycles. The number of imidazole rings is 1. The lowest BCUT2D eigenvalue weighted by molar-refractivity contribution is 0.122. The Bertz CT molecular complexity index is 567. The number of fused-ring (bicyclic) bond motifs is 1. The van der Waals surface area contributed by atoms with E-state index in [0.717, 1.165) is 24.4 Å². The van der Waals surface area contributed by atoms with E-state index in [2.05, 4.69) is 24.8 Å². The van der Waals surface area contributed by atoms with Gasteiger partial charge in [-0.15, -0.1) is 11.6 Å². The molecule has 1 saturated heterocycles. The Kier molecular flexibility index (Phi) is 3.23. The molecule has 0 radical (unpaired) electrons. The average molecular weight is 288 g/mol. The number of nitrogens with one attached hydrogen (secondary N) is 1. The van der Waals surface area contributed by atoms with E-state index < -0.39 is 0 Å². The third-order valence-electron chi connectivity index (χ3n) is 2.79. The normalized spacial score (nSPS) is 16.4. The maximum Gasteiger partial charge on any atom is 0.226 e. The summed E-state index contributed by atoms with van der Waals surface area (Å²) in [5, 5.41) is 0.191. The van der Waals surface area contributed by atoms with E-state index in [1.54, 1.807) is 0 Å². The number of morpholine rings is 1. The fourth-order valence-electron chi connectivity index (χ4n) is 1.97. The molecule has 0 bridgehead atoms. The van der Waals surface area contributed by atoms with Gasteiger partial charge in [-0.05, 0) is 11.6 Å². The molecule has 3 heterocycles. The van der Waals surface area contributed by atoms with Gasteiger partial charge in [-0.3, -0.25) is 0 Å². The van der Waals surface area contributed by atoms with Gasteiger partial charge in [-0.2, -0.15) is 9.97 Å². The van der Waals surface area contributed by atoms with E-state index in [1.165, 1.54) is 0 Å². The number of ether oxygens (including phenoxy) is 1. The Morgan fingerprint density at radius 3 is 2.72 bits per heavy atom. The van der Waals surface area contributed by atoms with Crippen LogP contribution in [0, 0.1) is 0 Å². The first-order valence-corrected chi connectivity index (χ1v) is 6.50. The topological polar surface area (TPSA) is 66.9 Å². The summed E-state index contributed by atoms with van der Waals surface area (Å²) in [4.78, 5) is 17.9. The van der Waals surface area contributed by atoms with Crippen LogP contribution in [-0.4, -0.2) is 46.2 Å². The summed E-state index contributed by atoms with van der Waals surface area (Å²) in [6.07, 6.45) is 0. The lowest BCUT2D eigenvalue weighted by Gasteiger charge is -2.27. The Labute approximate surface area is 113 Å². The van der Waals surface area contributed by atoms with Gasteiger partial charge in [0.05, 0.1) is 19.1 Å². The predicted molar refractivity (Wildman–Crippen MR) is 69.3 cm³/mol. The molecule has 1 N–H and O–H groups in total. The first-order valence-electron chi connectivity index (χ1n) is 5.58. The first kappa shape index (κ1) is 12.0. The number of hydrogen-bond acceptors (Lipinski definition) is 5. The Hall–Kier alpha value is -1.11. The minimum absolute atomic E-state index is 0.191. The summed E-state index contributed by atoms with van der Waals surface area (Å²) in [5.74, 6) is 1.73. The Balaban J connectivity index is 2.10. The number of aromatic nitrogens is 4. The van der Waals surface area contributed by atoms with E-state index >= 15 is 0 Å².